The van der Waals surface area contributed by atoms with E-state index in [1.807, 2.05) is 29.3 Å². The standard InChI is InChI=1S/C23H25N3O2S2/c1-16-25-20(15-30-16)18-6-4-17(5-7-18)8-11-24-22(27)19-9-12-26(13-10-19)23(28)21-3-2-14-29-21/h2-7,14-15,19H,8-13H2,1H3,(H,24,27). The maximum atomic E-state index is 12.5. The van der Waals surface area contributed by atoms with Crippen LogP contribution in [0.3, 0.4) is 0 Å². The van der Waals surface area contributed by atoms with Crippen LogP contribution in [0.4, 0.5) is 0 Å². The van der Waals surface area contributed by atoms with Gasteiger partial charge >= 0.3 is 0 Å². The van der Waals surface area contributed by atoms with Crippen molar-refractivity contribution in [2.24, 2.45) is 5.92 Å². The number of amides is 2. The van der Waals surface area contributed by atoms with Gasteiger partial charge in [0, 0.05) is 36.5 Å². The number of thiazole rings is 1. The third kappa shape index (κ3) is 4.96. The van der Waals surface area contributed by atoms with Gasteiger partial charge in [-0.1, -0.05) is 30.3 Å². The minimum atomic E-state index is -0.00679. The molecule has 0 saturated carbocycles. The van der Waals surface area contributed by atoms with Gasteiger partial charge in [0.25, 0.3) is 5.91 Å². The zero-order valence-corrected chi connectivity index (χ0v) is 18.6. The van der Waals surface area contributed by atoms with Crippen molar-refractivity contribution in [2.75, 3.05) is 19.6 Å². The van der Waals surface area contributed by atoms with Crippen molar-refractivity contribution in [1.29, 1.82) is 0 Å². The maximum absolute atomic E-state index is 12.5. The smallest absolute Gasteiger partial charge is 0.263 e. The lowest BCUT2D eigenvalue weighted by Crippen LogP contribution is -2.43. The lowest BCUT2D eigenvalue weighted by atomic mass is 9.95. The van der Waals surface area contributed by atoms with E-state index in [9.17, 15) is 9.59 Å². The van der Waals surface area contributed by atoms with Crippen molar-refractivity contribution in [1.82, 2.24) is 15.2 Å². The van der Waals surface area contributed by atoms with Crippen LogP contribution in [-0.2, 0) is 11.2 Å². The summed E-state index contributed by atoms with van der Waals surface area (Å²) in [6, 6.07) is 12.1. The summed E-state index contributed by atoms with van der Waals surface area (Å²) in [6.07, 6.45) is 2.26. The summed E-state index contributed by atoms with van der Waals surface area (Å²) in [4.78, 5) is 32.1. The molecule has 0 aliphatic carbocycles. The van der Waals surface area contributed by atoms with Crippen molar-refractivity contribution in [3.05, 3.63) is 62.6 Å². The summed E-state index contributed by atoms with van der Waals surface area (Å²) in [5, 5.41) is 8.13. The average Bonchev–Trinajstić information content (AvgIpc) is 3.46. The molecule has 2 aromatic heterocycles. The van der Waals surface area contributed by atoms with Gasteiger partial charge in [0.1, 0.15) is 0 Å². The number of rotatable bonds is 6. The molecule has 0 unspecified atom stereocenters. The molecule has 0 spiro atoms. The van der Waals surface area contributed by atoms with Gasteiger partial charge in [-0.15, -0.1) is 22.7 Å². The van der Waals surface area contributed by atoms with Crippen LogP contribution in [-0.4, -0.2) is 41.3 Å². The number of hydrogen-bond donors (Lipinski definition) is 1. The summed E-state index contributed by atoms with van der Waals surface area (Å²) in [7, 11) is 0. The van der Waals surface area contributed by atoms with E-state index in [0.29, 0.717) is 19.6 Å². The Balaban J connectivity index is 1.20. The van der Waals surface area contributed by atoms with Crippen LogP contribution >= 0.6 is 22.7 Å². The largest absolute Gasteiger partial charge is 0.356 e. The van der Waals surface area contributed by atoms with Crippen molar-refractivity contribution in [3.8, 4) is 11.3 Å². The summed E-state index contributed by atoms with van der Waals surface area (Å²) >= 11 is 3.12. The lowest BCUT2D eigenvalue weighted by molar-refractivity contribution is -0.126. The Labute approximate surface area is 184 Å². The number of piperidine rings is 1. The second-order valence-electron chi connectivity index (χ2n) is 7.53. The van der Waals surface area contributed by atoms with E-state index in [-0.39, 0.29) is 17.7 Å². The van der Waals surface area contributed by atoms with Gasteiger partial charge in [0.2, 0.25) is 5.91 Å². The molecule has 7 heteroatoms. The molecule has 0 radical (unpaired) electrons. The quantitative estimate of drug-likeness (QED) is 0.620. The Hall–Kier alpha value is -2.51. The zero-order chi connectivity index (χ0) is 20.9. The number of aromatic nitrogens is 1. The van der Waals surface area contributed by atoms with Crippen molar-refractivity contribution in [2.45, 2.75) is 26.2 Å². The zero-order valence-electron chi connectivity index (χ0n) is 17.0. The van der Waals surface area contributed by atoms with E-state index >= 15 is 0 Å². The molecule has 1 saturated heterocycles. The second kappa shape index (κ2) is 9.53. The molecule has 1 fully saturated rings. The molecule has 1 aliphatic heterocycles. The lowest BCUT2D eigenvalue weighted by Gasteiger charge is -2.31. The van der Waals surface area contributed by atoms with Crippen LogP contribution in [0.2, 0.25) is 0 Å². The summed E-state index contributed by atoms with van der Waals surface area (Å²) in [6.45, 7) is 3.93. The molecular formula is C23H25N3O2S2. The van der Waals surface area contributed by atoms with E-state index in [2.05, 4.69) is 39.9 Å². The first-order valence-electron chi connectivity index (χ1n) is 10.2. The van der Waals surface area contributed by atoms with Gasteiger partial charge in [-0.05, 0) is 43.2 Å². The van der Waals surface area contributed by atoms with Crippen molar-refractivity contribution in [3.63, 3.8) is 0 Å². The van der Waals surface area contributed by atoms with Gasteiger partial charge in [-0.25, -0.2) is 4.98 Å². The molecule has 0 atom stereocenters. The molecule has 3 aromatic rings. The molecule has 3 heterocycles. The number of thiophene rings is 1. The van der Waals surface area contributed by atoms with Gasteiger partial charge in [-0.3, -0.25) is 9.59 Å². The molecular weight excluding hydrogens is 414 g/mol. The molecule has 4 rings (SSSR count). The van der Waals surface area contributed by atoms with E-state index in [0.717, 1.165) is 40.4 Å². The highest BCUT2D eigenvalue weighted by Crippen LogP contribution is 2.23. The number of carbonyl (C=O) groups excluding carboxylic acids is 2. The van der Waals surface area contributed by atoms with Crippen LogP contribution in [0.25, 0.3) is 11.3 Å². The van der Waals surface area contributed by atoms with Gasteiger partial charge in [0.15, 0.2) is 0 Å². The van der Waals surface area contributed by atoms with Gasteiger partial charge < -0.3 is 10.2 Å². The fraction of sp³-hybridized carbons (Fsp3) is 0.348. The van der Waals surface area contributed by atoms with Crippen LogP contribution in [0.15, 0.2) is 47.2 Å². The number of nitrogens with one attached hydrogen (secondary N) is 1. The van der Waals surface area contributed by atoms with Crippen LogP contribution in [0.5, 0.6) is 0 Å². The average molecular weight is 440 g/mol. The Kier molecular flexibility index (Phi) is 6.59. The highest BCUT2D eigenvalue weighted by molar-refractivity contribution is 7.12. The number of benzene rings is 1. The number of likely N-dealkylation sites (tertiary alicyclic amines) is 1. The molecule has 2 amide bonds. The highest BCUT2D eigenvalue weighted by atomic mass is 32.1. The Bertz CT molecular complexity index is 988. The molecule has 156 valence electrons. The molecule has 1 aliphatic rings. The van der Waals surface area contributed by atoms with Crippen molar-refractivity contribution < 1.29 is 9.59 Å². The van der Waals surface area contributed by atoms with Gasteiger partial charge in [-0.2, -0.15) is 0 Å². The predicted molar refractivity (Wildman–Crippen MR) is 122 cm³/mol. The molecule has 1 aromatic carbocycles. The van der Waals surface area contributed by atoms with E-state index < -0.39 is 0 Å². The van der Waals surface area contributed by atoms with Gasteiger partial charge in [0.05, 0.1) is 15.6 Å². The van der Waals surface area contributed by atoms with E-state index in [1.165, 1.54) is 16.9 Å². The normalized spacial score (nSPS) is 14.6. The summed E-state index contributed by atoms with van der Waals surface area (Å²) < 4.78 is 0. The first-order chi connectivity index (χ1) is 14.6. The third-order valence-electron chi connectivity index (χ3n) is 5.47. The molecule has 5 nitrogen and oxygen atoms in total. The predicted octanol–water partition coefficient (Wildman–Crippen LogP) is 4.39. The topological polar surface area (TPSA) is 62.3 Å². The number of nitrogens with zero attached hydrogens (tertiary/aromatic N) is 2. The van der Waals surface area contributed by atoms with E-state index in [1.54, 1.807) is 11.3 Å². The fourth-order valence-corrected chi connectivity index (χ4v) is 5.03. The van der Waals surface area contributed by atoms with E-state index in [4.69, 9.17) is 0 Å². The number of carbonyl (C=O) groups is 2. The molecule has 0 bridgehead atoms. The van der Waals surface area contributed by atoms with Crippen LogP contribution < -0.4 is 5.32 Å². The summed E-state index contributed by atoms with van der Waals surface area (Å²) in [5.74, 6) is 0.181. The third-order valence-corrected chi connectivity index (χ3v) is 7.10. The maximum Gasteiger partial charge on any atom is 0.263 e. The Morgan fingerprint density at radius 2 is 1.90 bits per heavy atom. The summed E-state index contributed by atoms with van der Waals surface area (Å²) in [5.41, 5.74) is 3.33. The van der Waals surface area contributed by atoms with Crippen LogP contribution in [0, 0.1) is 12.8 Å². The SMILES string of the molecule is Cc1nc(-c2ccc(CCNC(=O)C3CCN(C(=O)c4cccs4)CC3)cc2)cs1. The first-order valence-corrected chi connectivity index (χ1v) is 12.0. The van der Waals surface area contributed by atoms with Crippen molar-refractivity contribution >= 4 is 34.5 Å². The number of aryl methyl sites for hydroxylation is 1. The number of hydrogen-bond acceptors (Lipinski definition) is 5. The monoisotopic (exact) mass is 439 g/mol. The Morgan fingerprint density at radius 3 is 2.53 bits per heavy atom. The van der Waals surface area contributed by atoms with Crippen LogP contribution in [0.1, 0.15) is 33.1 Å². The molecule has 1 N–H and O–H groups in total. The minimum Gasteiger partial charge on any atom is -0.356 e. The Morgan fingerprint density at radius 1 is 1.13 bits per heavy atom. The highest BCUT2D eigenvalue weighted by Gasteiger charge is 2.27. The molecule has 30 heavy (non-hydrogen) atoms. The fourth-order valence-electron chi connectivity index (χ4n) is 3.71. The second-order valence-corrected chi connectivity index (χ2v) is 9.54. The first kappa shape index (κ1) is 20.8. The minimum absolute atomic E-state index is 0.00679.